The van der Waals surface area contributed by atoms with Gasteiger partial charge in [0.2, 0.25) is 0 Å². The summed E-state index contributed by atoms with van der Waals surface area (Å²) in [5, 5.41) is 14.5. The van der Waals surface area contributed by atoms with Crippen LogP contribution < -0.4 is 0 Å². The molecule has 0 spiro atoms. The quantitative estimate of drug-likeness (QED) is 0.890. The van der Waals surface area contributed by atoms with Crippen LogP contribution in [0.25, 0.3) is 0 Å². The zero-order valence-electron chi connectivity index (χ0n) is 10.6. The first-order valence-electron chi connectivity index (χ1n) is 5.66. The second-order valence-corrected chi connectivity index (χ2v) is 6.38. The molecular formula is C13H18N2OS. The zero-order valence-corrected chi connectivity index (χ0v) is 11.5. The average molecular weight is 250 g/mol. The topological polar surface area (TPSA) is 38.0 Å². The lowest BCUT2D eigenvalue weighted by Gasteiger charge is -2.15. The maximum Gasteiger partial charge on any atom is 0.132 e. The van der Waals surface area contributed by atoms with Crippen molar-refractivity contribution in [2.24, 2.45) is 7.05 Å². The Hall–Kier alpha value is -1.13. The van der Waals surface area contributed by atoms with Crippen LogP contribution in [0.4, 0.5) is 0 Å². The van der Waals surface area contributed by atoms with E-state index in [-0.39, 0.29) is 5.41 Å². The van der Waals surface area contributed by atoms with Gasteiger partial charge in [-0.05, 0) is 23.6 Å². The predicted molar refractivity (Wildman–Crippen MR) is 70.3 cm³/mol. The van der Waals surface area contributed by atoms with Gasteiger partial charge < -0.3 is 5.11 Å². The van der Waals surface area contributed by atoms with Crippen molar-refractivity contribution < 1.29 is 5.11 Å². The maximum atomic E-state index is 10.2. The highest BCUT2D eigenvalue weighted by Crippen LogP contribution is 2.34. The summed E-state index contributed by atoms with van der Waals surface area (Å²) in [6.45, 7) is 6.53. The van der Waals surface area contributed by atoms with Gasteiger partial charge in [-0.3, -0.25) is 4.68 Å². The summed E-state index contributed by atoms with van der Waals surface area (Å²) in [4.78, 5) is 2.23. The van der Waals surface area contributed by atoms with Crippen LogP contribution in [0.3, 0.4) is 0 Å². The third kappa shape index (κ3) is 2.58. The van der Waals surface area contributed by atoms with E-state index >= 15 is 0 Å². The van der Waals surface area contributed by atoms with E-state index < -0.39 is 6.10 Å². The number of rotatable bonds is 2. The fourth-order valence-corrected chi connectivity index (χ4v) is 2.69. The van der Waals surface area contributed by atoms with Crippen molar-refractivity contribution in [2.45, 2.75) is 32.3 Å². The number of hydrogen-bond donors (Lipinski definition) is 1. The molecule has 2 heterocycles. The Bertz CT molecular complexity index is 507. The first-order chi connectivity index (χ1) is 7.88. The molecule has 0 amide bonds. The molecular weight excluding hydrogens is 232 g/mol. The molecule has 0 saturated carbocycles. The standard InChI is InChI=1S/C13H18N2OS/c1-13(2,3)11-6-5-10(17-11)12(16)9-7-8-15(4)14-9/h5-8,12,16H,1-4H3. The molecule has 0 aliphatic heterocycles. The fourth-order valence-electron chi connectivity index (χ4n) is 1.63. The molecule has 92 valence electrons. The Labute approximate surface area is 106 Å². The Morgan fingerprint density at radius 2 is 2.00 bits per heavy atom. The van der Waals surface area contributed by atoms with Crippen LogP contribution >= 0.6 is 11.3 Å². The molecule has 17 heavy (non-hydrogen) atoms. The highest BCUT2D eigenvalue weighted by atomic mass is 32.1. The Kier molecular flexibility index (Phi) is 3.10. The molecule has 1 N–H and O–H groups in total. The maximum absolute atomic E-state index is 10.2. The van der Waals surface area contributed by atoms with Gasteiger partial charge in [0.05, 0.1) is 5.69 Å². The second-order valence-electron chi connectivity index (χ2n) is 5.27. The molecule has 0 aromatic carbocycles. The van der Waals surface area contributed by atoms with E-state index in [4.69, 9.17) is 0 Å². The van der Waals surface area contributed by atoms with E-state index in [1.807, 2.05) is 25.4 Å². The summed E-state index contributed by atoms with van der Waals surface area (Å²) in [6, 6.07) is 5.93. The molecule has 2 aromatic heterocycles. The average Bonchev–Trinajstić information content (AvgIpc) is 2.83. The van der Waals surface area contributed by atoms with Gasteiger partial charge in [0.1, 0.15) is 6.10 Å². The van der Waals surface area contributed by atoms with Crippen LogP contribution in [0.15, 0.2) is 24.4 Å². The summed E-state index contributed by atoms with van der Waals surface area (Å²) in [6.07, 6.45) is 1.23. The van der Waals surface area contributed by atoms with Crippen LogP contribution in [0.2, 0.25) is 0 Å². The van der Waals surface area contributed by atoms with Crippen LogP contribution in [-0.2, 0) is 12.5 Å². The molecule has 0 aliphatic carbocycles. The highest BCUT2D eigenvalue weighted by Gasteiger charge is 2.20. The van der Waals surface area contributed by atoms with E-state index in [2.05, 4.69) is 31.9 Å². The fraction of sp³-hybridized carbons (Fsp3) is 0.462. The number of aromatic nitrogens is 2. The molecule has 4 heteroatoms. The van der Waals surface area contributed by atoms with Gasteiger partial charge in [-0.2, -0.15) is 5.10 Å². The first-order valence-corrected chi connectivity index (χ1v) is 6.47. The lowest BCUT2D eigenvalue weighted by molar-refractivity contribution is 0.218. The SMILES string of the molecule is Cn1ccc(C(O)c2ccc(C(C)(C)C)s2)n1. The highest BCUT2D eigenvalue weighted by molar-refractivity contribution is 7.12. The van der Waals surface area contributed by atoms with Crippen molar-refractivity contribution in [3.05, 3.63) is 39.8 Å². The van der Waals surface area contributed by atoms with Crippen LogP contribution in [0.5, 0.6) is 0 Å². The van der Waals surface area contributed by atoms with Crippen molar-refractivity contribution >= 4 is 11.3 Å². The number of hydrogen-bond acceptors (Lipinski definition) is 3. The Morgan fingerprint density at radius 3 is 2.47 bits per heavy atom. The van der Waals surface area contributed by atoms with Crippen molar-refractivity contribution in [3.63, 3.8) is 0 Å². The smallest absolute Gasteiger partial charge is 0.132 e. The normalized spacial score (nSPS) is 13.9. The number of thiophene rings is 1. The number of aliphatic hydroxyl groups excluding tert-OH is 1. The second kappa shape index (κ2) is 4.27. The summed E-state index contributed by atoms with van der Waals surface area (Å²) < 4.78 is 1.71. The molecule has 2 aromatic rings. The Balaban J connectivity index is 2.26. The monoisotopic (exact) mass is 250 g/mol. The van der Waals surface area contributed by atoms with Gasteiger partial charge in [0, 0.05) is 23.0 Å². The number of aliphatic hydroxyl groups is 1. The van der Waals surface area contributed by atoms with Gasteiger partial charge in [-0.25, -0.2) is 0 Å². The van der Waals surface area contributed by atoms with E-state index in [0.717, 1.165) is 4.88 Å². The van der Waals surface area contributed by atoms with E-state index in [1.54, 1.807) is 16.0 Å². The van der Waals surface area contributed by atoms with Gasteiger partial charge >= 0.3 is 0 Å². The molecule has 1 atom stereocenters. The zero-order chi connectivity index (χ0) is 12.6. The third-order valence-electron chi connectivity index (χ3n) is 2.65. The minimum Gasteiger partial charge on any atom is -0.381 e. The van der Waals surface area contributed by atoms with Gasteiger partial charge in [-0.1, -0.05) is 20.8 Å². The molecule has 0 aliphatic rings. The molecule has 0 radical (unpaired) electrons. The van der Waals surface area contributed by atoms with Gasteiger partial charge in [0.15, 0.2) is 0 Å². The van der Waals surface area contributed by atoms with Crippen LogP contribution in [-0.4, -0.2) is 14.9 Å². The molecule has 2 rings (SSSR count). The molecule has 0 bridgehead atoms. The first kappa shape index (κ1) is 12.3. The predicted octanol–water partition coefficient (Wildman–Crippen LogP) is 2.86. The molecule has 0 fully saturated rings. The van der Waals surface area contributed by atoms with E-state index in [1.165, 1.54) is 4.88 Å². The Morgan fingerprint density at radius 1 is 1.29 bits per heavy atom. The third-order valence-corrected chi connectivity index (χ3v) is 4.21. The molecule has 3 nitrogen and oxygen atoms in total. The molecule has 0 saturated heterocycles. The minimum absolute atomic E-state index is 0.132. The van der Waals surface area contributed by atoms with Crippen LogP contribution in [0.1, 0.15) is 42.3 Å². The number of aryl methyl sites for hydroxylation is 1. The van der Waals surface area contributed by atoms with Crippen molar-refractivity contribution in [3.8, 4) is 0 Å². The van der Waals surface area contributed by atoms with Gasteiger partial charge in [0.25, 0.3) is 0 Å². The molecule has 1 unspecified atom stereocenters. The van der Waals surface area contributed by atoms with Crippen molar-refractivity contribution in [1.82, 2.24) is 9.78 Å². The lowest BCUT2D eigenvalue weighted by atomic mass is 9.95. The van der Waals surface area contributed by atoms with Crippen LogP contribution in [0, 0.1) is 0 Å². The van der Waals surface area contributed by atoms with E-state index in [0.29, 0.717) is 5.69 Å². The van der Waals surface area contributed by atoms with Crippen molar-refractivity contribution in [1.29, 1.82) is 0 Å². The largest absolute Gasteiger partial charge is 0.381 e. The number of nitrogens with zero attached hydrogens (tertiary/aromatic N) is 2. The van der Waals surface area contributed by atoms with Crippen molar-refractivity contribution in [2.75, 3.05) is 0 Å². The van der Waals surface area contributed by atoms with Gasteiger partial charge in [-0.15, -0.1) is 11.3 Å². The summed E-state index contributed by atoms with van der Waals surface area (Å²) in [5.41, 5.74) is 0.835. The van der Waals surface area contributed by atoms with E-state index in [9.17, 15) is 5.11 Å². The lowest BCUT2D eigenvalue weighted by Crippen LogP contribution is -2.07. The summed E-state index contributed by atoms with van der Waals surface area (Å²) in [5.74, 6) is 0. The summed E-state index contributed by atoms with van der Waals surface area (Å²) in [7, 11) is 1.85. The minimum atomic E-state index is -0.614. The summed E-state index contributed by atoms with van der Waals surface area (Å²) >= 11 is 1.65.